The molecule has 2 amide bonds. The monoisotopic (exact) mass is 308 g/mol. The molecule has 0 saturated carbocycles. The molecule has 9 heteroatoms. The second-order valence-electron chi connectivity index (χ2n) is 4.77. The van der Waals surface area contributed by atoms with Gasteiger partial charge >= 0.3 is 0 Å². The van der Waals surface area contributed by atoms with Gasteiger partial charge in [0.2, 0.25) is 0 Å². The summed E-state index contributed by atoms with van der Waals surface area (Å²) in [6, 6.07) is 0. The Morgan fingerprint density at radius 1 is 1.29 bits per heavy atom. The molecule has 0 saturated heterocycles. The molecule has 0 bridgehead atoms. The Morgan fingerprint density at radius 3 is 2.48 bits per heavy atom. The van der Waals surface area contributed by atoms with E-state index in [9.17, 15) is 9.59 Å². The highest BCUT2D eigenvalue weighted by molar-refractivity contribution is 7.08. The molecule has 2 heterocycles. The van der Waals surface area contributed by atoms with Crippen LogP contribution in [-0.4, -0.2) is 50.2 Å². The molecule has 0 radical (unpaired) electrons. The van der Waals surface area contributed by atoms with Gasteiger partial charge in [0, 0.05) is 21.1 Å². The molecule has 0 aromatic carbocycles. The molecule has 0 aliphatic rings. The van der Waals surface area contributed by atoms with Crippen LogP contribution in [0.3, 0.4) is 0 Å². The van der Waals surface area contributed by atoms with Crippen molar-refractivity contribution in [2.75, 3.05) is 19.4 Å². The van der Waals surface area contributed by atoms with Gasteiger partial charge < -0.3 is 10.2 Å². The number of carbonyl (C=O) groups excluding carboxylic acids is 2. The number of nitrogens with zero attached hydrogens (tertiary/aromatic N) is 5. The number of aryl methyl sites for hydroxylation is 2. The third kappa shape index (κ3) is 2.77. The molecule has 1 N–H and O–H groups in total. The topological polar surface area (TPSA) is 93.0 Å². The fourth-order valence-corrected chi connectivity index (χ4v) is 2.28. The Kier molecular flexibility index (Phi) is 4.03. The number of nitrogens with one attached hydrogen (secondary N) is 1. The second kappa shape index (κ2) is 5.60. The molecule has 0 aliphatic carbocycles. The zero-order chi connectivity index (χ0) is 15.7. The predicted molar refractivity (Wildman–Crippen MR) is 78.6 cm³/mol. The normalized spacial score (nSPS) is 10.5. The van der Waals surface area contributed by atoms with Crippen LogP contribution < -0.4 is 5.32 Å². The van der Waals surface area contributed by atoms with Gasteiger partial charge in [0.05, 0.1) is 17.1 Å². The molecule has 2 aromatic rings. The van der Waals surface area contributed by atoms with E-state index in [-0.39, 0.29) is 17.5 Å². The summed E-state index contributed by atoms with van der Waals surface area (Å²) in [6.07, 6.45) is 0. The van der Waals surface area contributed by atoms with Gasteiger partial charge in [-0.15, -0.1) is 5.10 Å². The fourth-order valence-electron chi connectivity index (χ4n) is 1.73. The van der Waals surface area contributed by atoms with Gasteiger partial charge in [0.15, 0.2) is 5.69 Å². The lowest BCUT2D eigenvalue weighted by Gasteiger charge is -2.10. The van der Waals surface area contributed by atoms with Gasteiger partial charge in [-0.05, 0) is 25.4 Å². The number of amides is 2. The Hall–Kier alpha value is -2.29. The first-order chi connectivity index (χ1) is 9.82. The van der Waals surface area contributed by atoms with Crippen LogP contribution in [0.15, 0.2) is 0 Å². The molecule has 0 atom stereocenters. The van der Waals surface area contributed by atoms with Gasteiger partial charge in [-0.1, -0.05) is 4.49 Å². The maximum Gasteiger partial charge on any atom is 0.276 e. The summed E-state index contributed by atoms with van der Waals surface area (Å²) in [4.78, 5) is 26.2. The molecule has 2 aromatic heterocycles. The molecular formula is C12H16N6O2S. The van der Waals surface area contributed by atoms with E-state index in [0.717, 1.165) is 11.5 Å². The minimum absolute atomic E-state index is 0.212. The summed E-state index contributed by atoms with van der Waals surface area (Å²) < 4.78 is 5.29. The summed E-state index contributed by atoms with van der Waals surface area (Å²) >= 11 is 1.01. The number of rotatable bonds is 3. The smallest absolute Gasteiger partial charge is 0.276 e. The highest BCUT2D eigenvalue weighted by Crippen LogP contribution is 2.22. The third-order valence-electron chi connectivity index (χ3n) is 3.04. The van der Waals surface area contributed by atoms with Gasteiger partial charge in [0.25, 0.3) is 11.8 Å². The average molecular weight is 308 g/mol. The minimum atomic E-state index is -0.341. The standard InChI is InChI=1S/C12H16N6O2S/c1-6-10(21-16-14-6)11(19)13-8-7(2)18(5)15-9(8)12(20)17(3)4/h1-5H3,(H,13,19). The molecule has 8 nitrogen and oxygen atoms in total. The van der Waals surface area contributed by atoms with E-state index in [1.807, 2.05) is 0 Å². The molecule has 0 unspecified atom stereocenters. The van der Waals surface area contributed by atoms with Crippen LogP contribution in [0.1, 0.15) is 31.5 Å². The number of carbonyl (C=O) groups is 2. The Bertz CT molecular complexity index is 703. The van der Waals surface area contributed by atoms with Crippen LogP contribution >= 0.6 is 11.5 Å². The number of hydrogen-bond donors (Lipinski definition) is 1. The summed E-state index contributed by atoms with van der Waals surface area (Å²) in [6.45, 7) is 3.49. The fraction of sp³-hybridized carbons (Fsp3) is 0.417. The van der Waals surface area contributed by atoms with E-state index in [4.69, 9.17) is 0 Å². The maximum absolute atomic E-state index is 12.3. The predicted octanol–water partition coefficient (Wildman–Crippen LogP) is 0.843. The quantitative estimate of drug-likeness (QED) is 0.907. The first-order valence-corrected chi connectivity index (χ1v) is 6.95. The Labute approximate surface area is 125 Å². The summed E-state index contributed by atoms with van der Waals surface area (Å²) in [5.74, 6) is -0.612. The van der Waals surface area contributed by atoms with E-state index in [1.54, 1.807) is 39.7 Å². The molecule has 2 rings (SSSR count). The van der Waals surface area contributed by atoms with E-state index < -0.39 is 0 Å². The van der Waals surface area contributed by atoms with E-state index in [0.29, 0.717) is 22.0 Å². The maximum atomic E-state index is 12.3. The van der Waals surface area contributed by atoms with Gasteiger partial charge in [-0.25, -0.2) is 0 Å². The summed E-state index contributed by atoms with van der Waals surface area (Å²) in [5.41, 5.74) is 1.88. The van der Waals surface area contributed by atoms with Crippen molar-refractivity contribution in [1.29, 1.82) is 0 Å². The van der Waals surface area contributed by atoms with E-state index in [2.05, 4.69) is 20.0 Å². The average Bonchev–Trinajstić information content (AvgIpc) is 2.96. The third-order valence-corrected chi connectivity index (χ3v) is 3.87. The molecule has 0 fully saturated rings. The number of hydrogen-bond acceptors (Lipinski definition) is 6. The summed E-state index contributed by atoms with van der Waals surface area (Å²) in [7, 11) is 4.99. The van der Waals surface area contributed by atoms with Crippen molar-refractivity contribution in [3.05, 3.63) is 22.0 Å². The molecular weight excluding hydrogens is 292 g/mol. The van der Waals surface area contributed by atoms with Crippen molar-refractivity contribution < 1.29 is 9.59 Å². The first kappa shape index (κ1) is 15.1. The second-order valence-corrected chi connectivity index (χ2v) is 5.53. The van der Waals surface area contributed by atoms with Crippen molar-refractivity contribution in [3.63, 3.8) is 0 Å². The van der Waals surface area contributed by atoms with Gasteiger partial charge in [-0.2, -0.15) is 5.10 Å². The van der Waals surface area contributed by atoms with Crippen molar-refractivity contribution >= 4 is 29.0 Å². The van der Waals surface area contributed by atoms with Gasteiger partial charge in [0.1, 0.15) is 4.88 Å². The lowest BCUT2D eigenvalue weighted by atomic mass is 10.2. The van der Waals surface area contributed by atoms with Crippen LogP contribution in [0.5, 0.6) is 0 Å². The molecule has 0 aliphatic heterocycles. The van der Waals surface area contributed by atoms with Crippen LogP contribution in [0.2, 0.25) is 0 Å². The van der Waals surface area contributed by atoms with Crippen LogP contribution in [0.4, 0.5) is 5.69 Å². The summed E-state index contributed by atoms with van der Waals surface area (Å²) in [5, 5.41) is 10.7. The van der Waals surface area contributed by atoms with Crippen LogP contribution in [-0.2, 0) is 7.05 Å². The SMILES string of the molecule is Cc1nnsc1C(=O)Nc1c(C(=O)N(C)C)nn(C)c1C. The van der Waals surface area contributed by atoms with Crippen molar-refractivity contribution in [3.8, 4) is 0 Å². The van der Waals surface area contributed by atoms with Crippen molar-refractivity contribution in [1.82, 2.24) is 24.3 Å². The zero-order valence-corrected chi connectivity index (χ0v) is 13.3. The largest absolute Gasteiger partial charge is 0.343 e. The lowest BCUT2D eigenvalue weighted by Crippen LogP contribution is -2.24. The van der Waals surface area contributed by atoms with Crippen LogP contribution in [0, 0.1) is 13.8 Å². The zero-order valence-electron chi connectivity index (χ0n) is 12.5. The molecule has 0 spiro atoms. The van der Waals surface area contributed by atoms with E-state index in [1.165, 1.54) is 4.90 Å². The Balaban J connectivity index is 2.38. The van der Waals surface area contributed by atoms with Crippen molar-refractivity contribution in [2.45, 2.75) is 13.8 Å². The Morgan fingerprint density at radius 2 is 1.95 bits per heavy atom. The molecule has 112 valence electrons. The van der Waals surface area contributed by atoms with E-state index >= 15 is 0 Å². The van der Waals surface area contributed by atoms with Crippen molar-refractivity contribution in [2.24, 2.45) is 7.05 Å². The highest BCUT2D eigenvalue weighted by Gasteiger charge is 2.24. The number of aromatic nitrogens is 4. The number of anilines is 1. The van der Waals surface area contributed by atoms with Gasteiger partial charge in [-0.3, -0.25) is 14.3 Å². The van der Waals surface area contributed by atoms with Crippen LogP contribution in [0.25, 0.3) is 0 Å². The first-order valence-electron chi connectivity index (χ1n) is 6.18. The highest BCUT2D eigenvalue weighted by atomic mass is 32.1. The lowest BCUT2D eigenvalue weighted by molar-refractivity contribution is 0.0822. The minimum Gasteiger partial charge on any atom is -0.343 e. The molecule has 21 heavy (non-hydrogen) atoms.